The molecule has 0 radical (unpaired) electrons. The molecule has 0 saturated carbocycles. The number of aromatic hydroxyl groups is 2. The van der Waals surface area contributed by atoms with Crippen LogP contribution in [0.15, 0.2) is 18.2 Å². The molecule has 61 heavy (non-hydrogen) atoms. The summed E-state index contributed by atoms with van der Waals surface area (Å²) in [6, 6.07) is 0.370. The zero-order valence-corrected chi connectivity index (χ0v) is 35.2. The van der Waals surface area contributed by atoms with Gasteiger partial charge >= 0.3 is 6.09 Å². The lowest BCUT2D eigenvalue weighted by atomic mass is 9.72. The van der Waals surface area contributed by atoms with Crippen molar-refractivity contribution in [2.75, 3.05) is 13.7 Å². The highest BCUT2D eigenvalue weighted by atomic mass is 16.7. The number of amides is 3. The van der Waals surface area contributed by atoms with Crippen LogP contribution in [0.3, 0.4) is 0 Å². The number of aliphatic hydroxyl groups excluding tert-OH is 3. The summed E-state index contributed by atoms with van der Waals surface area (Å²) >= 11 is 0. The summed E-state index contributed by atoms with van der Waals surface area (Å²) < 4.78 is 22.7. The smallest absolute Gasteiger partial charge is 0.408 e. The number of fused-ring (bicyclic) bond motifs is 3. The normalized spacial score (nSPS) is 25.0. The van der Waals surface area contributed by atoms with E-state index in [-0.39, 0.29) is 46.8 Å². The Bertz CT molecular complexity index is 2080. The van der Waals surface area contributed by atoms with Crippen LogP contribution >= 0.6 is 0 Å². The topological polar surface area (TPSA) is 297 Å². The van der Waals surface area contributed by atoms with Gasteiger partial charge in [-0.25, -0.2) is 4.79 Å². The van der Waals surface area contributed by atoms with E-state index in [0.717, 1.165) is 0 Å². The summed E-state index contributed by atoms with van der Waals surface area (Å²) in [5, 5.41) is 74.1. The number of methoxy groups -OCH3 is 1. The number of hydrogen-bond donors (Lipinski definition) is 9. The number of phenolic OH excluding ortho intramolecular Hbond substituents is 2. The first-order valence-electron chi connectivity index (χ1n) is 19.9. The van der Waals surface area contributed by atoms with Crippen molar-refractivity contribution in [2.45, 2.75) is 134 Å². The molecule has 1 saturated heterocycles. The van der Waals surface area contributed by atoms with Gasteiger partial charge in [-0.1, -0.05) is 26.0 Å². The second-order valence-corrected chi connectivity index (χ2v) is 17.2. The maximum atomic E-state index is 14.0. The van der Waals surface area contributed by atoms with Gasteiger partial charge in [-0.15, -0.1) is 0 Å². The third-order valence-electron chi connectivity index (χ3n) is 10.9. The number of alkyl carbamates (subject to hydrolysis) is 1. The van der Waals surface area contributed by atoms with E-state index in [1.807, 2.05) is 0 Å². The molecule has 0 bridgehead atoms. The van der Waals surface area contributed by atoms with Gasteiger partial charge in [0.05, 0.1) is 48.2 Å². The second-order valence-electron chi connectivity index (χ2n) is 17.2. The third kappa shape index (κ3) is 9.66. The molecule has 5 rings (SSSR count). The van der Waals surface area contributed by atoms with E-state index in [1.165, 1.54) is 39.2 Å². The number of ketones is 3. The zero-order valence-electron chi connectivity index (χ0n) is 35.2. The molecule has 9 atom stereocenters. The number of aliphatic hydroxyl groups is 4. The fraction of sp³-hybridized carbons (Fsp3) is 0.571. The number of rotatable bonds is 13. The van der Waals surface area contributed by atoms with Crippen LogP contribution in [0.2, 0.25) is 0 Å². The average Bonchev–Trinajstić information content (AvgIpc) is 3.16. The third-order valence-corrected chi connectivity index (χ3v) is 10.9. The minimum absolute atomic E-state index is 0.0282. The lowest BCUT2D eigenvalue weighted by Crippen LogP contribution is -2.61. The lowest BCUT2D eigenvalue weighted by Gasteiger charge is -2.43. The van der Waals surface area contributed by atoms with E-state index in [4.69, 9.17) is 18.9 Å². The van der Waals surface area contributed by atoms with Gasteiger partial charge in [0.1, 0.15) is 53.2 Å². The van der Waals surface area contributed by atoms with Gasteiger partial charge in [0.2, 0.25) is 17.6 Å². The number of nitrogens with one attached hydrogen (secondary N) is 3. The number of hydrogen-bond acceptors (Lipinski definition) is 16. The average molecular weight is 858 g/mol. The SMILES string of the molecule is COc1cccc2c1C(=O)c1c(O)c3c(c(O)c1C2=O)C[C@@](O)(C(=O)CO)C[C@@H]3O[C@H]1C[C@H](NC(=O)C(CC(C)C)NC(=O)C(NC(=O)OC(C)(C)C)C(C)O)[C@H](O)[C@H](C)O1. The first-order valence-corrected chi connectivity index (χ1v) is 19.9. The van der Waals surface area contributed by atoms with Crippen molar-refractivity contribution in [3.8, 4) is 17.2 Å². The molecule has 1 aliphatic heterocycles. The second kappa shape index (κ2) is 18.0. The van der Waals surface area contributed by atoms with Crippen molar-refractivity contribution < 1.29 is 78.4 Å². The van der Waals surface area contributed by atoms with Crippen molar-refractivity contribution in [3.63, 3.8) is 0 Å². The Hall–Kier alpha value is -5.18. The van der Waals surface area contributed by atoms with Crippen molar-refractivity contribution in [1.82, 2.24) is 16.0 Å². The highest BCUT2D eigenvalue weighted by Gasteiger charge is 2.50. The Balaban J connectivity index is 1.45. The number of phenols is 2. The molecule has 19 heteroatoms. The molecule has 2 aromatic carbocycles. The van der Waals surface area contributed by atoms with Crippen molar-refractivity contribution >= 4 is 35.3 Å². The molecule has 1 fully saturated rings. The Morgan fingerprint density at radius 1 is 0.984 bits per heavy atom. The highest BCUT2D eigenvalue weighted by Crippen LogP contribution is 2.52. The summed E-state index contributed by atoms with van der Waals surface area (Å²) in [6.45, 7) is 10.0. The van der Waals surface area contributed by atoms with E-state index in [2.05, 4.69) is 16.0 Å². The molecule has 1 heterocycles. The molecule has 0 spiro atoms. The van der Waals surface area contributed by atoms with Gasteiger partial charge < -0.3 is 65.5 Å². The van der Waals surface area contributed by atoms with Crippen molar-refractivity contribution in [3.05, 3.63) is 51.6 Å². The first kappa shape index (κ1) is 46.9. The summed E-state index contributed by atoms with van der Waals surface area (Å²) in [5.74, 6) is -6.13. The van der Waals surface area contributed by atoms with Crippen molar-refractivity contribution in [1.29, 1.82) is 0 Å². The Labute approximate surface area is 351 Å². The minimum atomic E-state index is -2.41. The molecule has 9 N–H and O–H groups in total. The molecule has 3 amide bonds. The van der Waals surface area contributed by atoms with Crippen LogP contribution in [0.5, 0.6) is 17.2 Å². The van der Waals surface area contributed by atoms with E-state index in [0.29, 0.717) is 0 Å². The Kier molecular flexibility index (Phi) is 13.9. The van der Waals surface area contributed by atoms with Gasteiger partial charge in [0.15, 0.2) is 17.9 Å². The number of carbonyl (C=O) groups is 6. The Morgan fingerprint density at radius 3 is 2.23 bits per heavy atom. The molecule has 3 aliphatic rings. The fourth-order valence-electron chi connectivity index (χ4n) is 7.95. The van der Waals surface area contributed by atoms with Gasteiger partial charge in [-0.2, -0.15) is 0 Å². The van der Waals surface area contributed by atoms with Gasteiger partial charge in [0.25, 0.3) is 0 Å². The first-order chi connectivity index (χ1) is 28.4. The summed E-state index contributed by atoms with van der Waals surface area (Å²) in [7, 11) is 1.29. The molecule has 0 aromatic heterocycles. The van der Waals surface area contributed by atoms with E-state index in [1.54, 1.807) is 34.6 Å². The maximum Gasteiger partial charge on any atom is 0.408 e. The fourth-order valence-corrected chi connectivity index (χ4v) is 7.95. The summed E-state index contributed by atoms with van der Waals surface area (Å²) in [5.41, 5.74) is -5.30. The monoisotopic (exact) mass is 857 g/mol. The molecule has 2 aliphatic carbocycles. The minimum Gasteiger partial charge on any atom is -0.507 e. The molecular weight excluding hydrogens is 802 g/mol. The summed E-state index contributed by atoms with van der Waals surface area (Å²) in [6.07, 6.45) is -9.24. The van der Waals surface area contributed by atoms with Crippen LogP contribution in [0.1, 0.15) is 117 Å². The van der Waals surface area contributed by atoms with Crippen molar-refractivity contribution in [2.24, 2.45) is 5.92 Å². The number of carbonyl (C=O) groups excluding carboxylic acids is 6. The predicted octanol–water partition coefficient (Wildman–Crippen LogP) is 0.964. The lowest BCUT2D eigenvalue weighted by molar-refractivity contribution is -0.249. The van der Waals surface area contributed by atoms with E-state index >= 15 is 0 Å². The van der Waals surface area contributed by atoms with Crippen LogP contribution in [0, 0.1) is 5.92 Å². The van der Waals surface area contributed by atoms with Crippen LogP contribution in [0.25, 0.3) is 0 Å². The molecular formula is C42H55N3O16. The van der Waals surface area contributed by atoms with Crippen LogP contribution in [0.4, 0.5) is 4.79 Å². The largest absolute Gasteiger partial charge is 0.507 e. The van der Waals surface area contributed by atoms with Crippen LogP contribution < -0.4 is 20.7 Å². The van der Waals surface area contributed by atoms with E-state index in [9.17, 15) is 59.4 Å². The maximum absolute atomic E-state index is 14.0. The standard InChI is InChI=1S/C42H55N3O16/c1-17(2)12-23(44-39(55)32(18(3)47)45-40(56)61-41(5,6)7)38(54)43-22-13-27(59-19(4)33(22)49)60-25-15-42(57,26(48)16-46)14-21-29(25)37(53)31-30(35(21)51)34(50)20-10-9-11-24(58-8)28(20)36(31)52/h9-11,17-19,22-23,25,27,32-33,46-47,49,51,53,57H,12-16H2,1-8H3,(H,43,54)(H,44,55)(H,45,56)/t18?,19-,22-,23?,25-,27-,32?,33+,42-/m0/s1. The molecule has 2 aromatic rings. The van der Waals surface area contributed by atoms with Gasteiger partial charge in [-0.3, -0.25) is 24.0 Å². The number of Topliss-reactive ketones (excluding diaryl/α,β-unsaturated/α-hetero) is 1. The quantitative estimate of drug-likeness (QED) is 0.108. The molecule has 3 unspecified atom stereocenters. The number of ether oxygens (including phenoxy) is 4. The summed E-state index contributed by atoms with van der Waals surface area (Å²) in [4.78, 5) is 80.6. The van der Waals surface area contributed by atoms with Crippen LogP contribution in [-0.2, 0) is 35.0 Å². The molecule has 334 valence electrons. The Morgan fingerprint density at radius 2 is 1.64 bits per heavy atom. The number of benzene rings is 2. The van der Waals surface area contributed by atoms with Gasteiger partial charge in [-0.05, 0) is 53.0 Å². The predicted molar refractivity (Wildman–Crippen MR) is 212 cm³/mol. The van der Waals surface area contributed by atoms with Crippen LogP contribution in [-0.4, -0.2) is 134 Å². The van der Waals surface area contributed by atoms with E-state index < -0.39 is 137 Å². The van der Waals surface area contributed by atoms with Gasteiger partial charge in [0, 0.05) is 36.0 Å². The zero-order chi connectivity index (χ0) is 45.5. The highest BCUT2D eigenvalue weighted by molar-refractivity contribution is 6.31. The molecule has 19 nitrogen and oxygen atoms in total.